The van der Waals surface area contributed by atoms with Crippen molar-refractivity contribution in [1.82, 2.24) is 0 Å². The first-order chi connectivity index (χ1) is 16.4. The summed E-state index contributed by atoms with van der Waals surface area (Å²) in [5.74, 6) is -0.254. The maximum Gasteiger partial charge on any atom is 0.335 e. The molecule has 5 rings (SSSR count). The lowest BCUT2D eigenvalue weighted by molar-refractivity contribution is 0.0697. The van der Waals surface area contributed by atoms with Crippen LogP contribution in [-0.2, 0) is 10.0 Å². The number of sulfonamides is 1. The van der Waals surface area contributed by atoms with Crippen LogP contribution < -0.4 is 14.8 Å². The van der Waals surface area contributed by atoms with Crippen molar-refractivity contribution >= 4 is 27.4 Å². The number of fused-ring (bicyclic) bond motifs is 3. The van der Waals surface area contributed by atoms with Crippen LogP contribution in [0.15, 0.2) is 83.8 Å². The van der Waals surface area contributed by atoms with Crippen LogP contribution >= 0.6 is 0 Å². The first-order valence-corrected chi connectivity index (χ1v) is 12.4. The molecule has 0 saturated heterocycles. The van der Waals surface area contributed by atoms with E-state index < -0.39 is 16.0 Å². The van der Waals surface area contributed by atoms with Crippen molar-refractivity contribution in [2.24, 2.45) is 5.92 Å². The molecule has 1 aliphatic carbocycles. The summed E-state index contributed by atoms with van der Waals surface area (Å²) in [5, 5.41) is 12.8. The number of hydrogen-bond acceptors (Lipinski definition) is 5. The molecule has 0 radical (unpaired) electrons. The molecule has 0 bridgehead atoms. The molecule has 3 aromatic rings. The maximum absolute atomic E-state index is 13.2. The minimum Gasteiger partial charge on any atom is -0.495 e. The monoisotopic (exact) mass is 476 g/mol. The maximum atomic E-state index is 13.2. The van der Waals surface area contributed by atoms with Gasteiger partial charge in [0, 0.05) is 11.6 Å². The summed E-state index contributed by atoms with van der Waals surface area (Å²) >= 11 is 0. The summed E-state index contributed by atoms with van der Waals surface area (Å²) in [6, 6.07) is 18.9. The average Bonchev–Trinajstić information content (AvgIpc) is 3.34. The van der Waals surface area contributed by atoms with Crippen molar-refractivity contribution in [3.63, 3.8) is 0 Å². The van der Waals surface area contributed by atoms with Gasteiger partial charge in [-0.05, 0) is 65.9 Å². The van der Waals surface area contributed by atoms with Gasteiger partial charge in [0.15, 0.2) is 0 Å². The lowest BCUT2D eigenvalue weighted by Gasteiger charge is -2.37. The average molecular weight is 477 g/mol. The Labute approximate surface area is 198 Å². The molecule has 3 N–H and O–H groups in total. The Bertz CT molecular complexity index is 1380. The summed E-state index contributed by atoms with van der Waals surface area (Å²) in [7, 11) is -2.33. The smallest absolute Gasteiger partial charge is 0.335 e. The van der Waals surface area contributed by atoms with Gasteiger partial charge in [0.05, 0.1) is 29.3 Å². The number of nitrogens with one attached hydrogen (secondary N) is 2. The lowest BCUT2D eigenvalue weighted by Crippen LogP contribution is -2.29. The van der Waals surface area contributed by atoms with E-state index >= 15 is 0 Å². The Hall–Kier alpha value is -3.78. The zero-order valence-electron chi connectivity index (χ0n) is 18.4. The van der Waals surface area contributed by atoms with Crippen LogP contribution in [0.3, 0.4) is 0 Å². The summed E-state index contributed by atoms with van der Waals surface area (Å²) in [6.07, 6.45) is 5.10. The highest BCUT2D eigenvalue weighted by molar-refractivity contribution is 7.92. The van der Waals surface area contributed by atoms with Crippen LogP contribution in [0, 0.1) is 5.92 Å². The quantitative estimate of drug-likeness (QED) is 0.432. The van der Waals surface area contributed by atoms with Crippen molar-refractivity contribution in [1.29, 1.82) is 0 Å². The van der Waals surface area contributed by atoms with Crippen LogP contribution in [0.5, 0.6) is 5.75 Å². The minimum atomic E-state index is -3.82. The molecule has 1 aliphatic heterocycles. The molecule has 174 valence electrons. The molecule has 2 aliphatic rings. The van der Waals surface area contributed by atoms with Gasteiger partial charge in [0.1, 0.15) is 5.75 Å². The number of carboxylic acids is 1. The fourth-order valence-corrected chi connectivity index (χ4v) is 5.94. The van der Waals surface area contributed by atoms with Gasteiger partial charge in [-0.1, -0.05) is 36.4 Å². The number of benzene rings is 3. The second-order valence-electron chi connectivity index (χ2n) is 8.46. The Morgan fingerprint density at radius 3 is 2.59 bits per heavy atom. The molecule has 0 amide bonds. The third kappa shape index (κ3) is 3.90. The normalized spacial score (nSPS) is 20.7. The SMILES string of the molecule is COc1ccccc1NS(=O)(=O)c1ccc2c(c1)C1C=CCC1C(c1ccc(C(=O)O)cc1)N2. The van der Waals surface area contributed by atoms with E-state index in [0.717, 1.165) is 23.2 Å². The second-order valence-corrected chi connectivity index (χ2v) is 10.1. The predicted molar refractivity (Wildman–Crippen MR) is 130 cm³/mol. The molecule has 3 unspecified atom stereocenters. The van der Waals surface area contributed by atoms with E-state index in [2.05, 4.69) is 22.2 Å². The van der Waals surface area contributed by atoms with Crippen molar-refractivity contribution in [3.8, 4) is 5.75 Å². The molecule has 3 aromatic carbocycles. The number of methoxy groups -OCH3 is 1. The molecule has 3 atom stereocenters. The number of allylic oxidation sites excluding steroid dienone is 2. The van der Waals surface area contributed by atoms with Gasteiger partial charge in [0.2, 0.25) is 0 Å². The van der Waals surface area contributed by atoms with Crippen LogP contribution in [0.25, 0.3) is 0 Å². The van der Waals surface area contributed by atoms with E-state index in [1.54, 1.807) is 54.6 Å². The van der Waals surface area contributed by atoms with Gasteiger partial charge in [-0.15, -0.1) is 0 Å². The molecular weight excluding hydrogens is 452 g/mol. The molecule has 7 nitrogen and oxygen atoms in total. The third-order valence-electron chi connectivity index (χ3n) is 6.51. The van der Waals surface area contributed by atoms with Crippen molar-refractivity contribution in [3.05, 3.63) is 95.6 Å². The fourth-order valence-electron chi connectivity index (χ4n) is 4.84. The lowest BCUT2D eigenvalue weighted by atomic mass is 9.77. The van der Waals surface area contributed by atoms with Gasteiger partial charge in [-0.25, -0.2) is 13.2 Å². The Morgan fingerprint density at radius 1 is 1.09 bits per heavy atom. The number of hydrogen-bond donors (Lipinski definition) is 3. The number of rotatable bonds is 6. The Kier molecular flexibility index (Phi) is 5.53. The summed E-state index contributed by atoms with van der Waals surface area (Å²) in [4.78, 5) is 11.4. The first-order valence-electron chi connectivity index (χ1n) is 10.9. The van der Waals surface area contributed by atoms with Crippen LogP contribution in [0.2, 0.25) is 0 Å². The van der Waals surface area contributed by atoms with E-state index in [1.165, 1.54) is 7.11 Å². The van der Waals surface area contributed by atoms with E-state index in [4.69, 9.17) is 4.74 Å². The molecule has 0 saturated carbocycles. The fraction of sp³-hybridized carbons (Fsp3) is 0.192. The summed E-state index contributed by atoms with van der Waals surface area (Å²) in [6.45, 7) is 0. The highest BCUT2D eigenvalue weighted by Crippen LogP contribution is 2.50. The molecule has 34 heavy (non-hydrogen) atoms. The summed E-state index contributed by atoms with van der Waals surface area (Å²) in [5.41, 5.74) is 3.43. The number of carbonyl (C=O) groups is 1. The number of ether oxygens (including phenoxy) is 1. The van der Waals surface area contributed by atoms with Crippen LogP contribution in [0.1, 0.15) is 39.9 Å². The van der Waals surface area contributed by atoms with E-state index in [9.17, 15) is 18.3 Å². The molecule has 0 aromatic heterocycles. The number of carboxylic acid groups (broad SMARTS) is 1. The van der Waals surface area contributed by atoms with Crippen molar-refractivity contribution < 1.29 is 23.1 Å². The third-order valence-corrected chi connectivity index (χ3v) is 7.88. The predicted octanol–water partition coefficient (Wildman–Crippen LogP) is 5.02. The van der Waals surface area contributed by atoms with Gasteiger partial charge in [-0.3, -0.25) is 4.72 Å². The van der Waals surface area contributed by atoms with Crippen LogP contribution in [0.4, 0.5) is 11.4 Å². The second kappa shape index (κ2) is 8.53. The zero-order chi connectivity index (χ0) is 23.9. The topological polar surface area (TPSA) is 105 Å². The van der Waals surface area contributed by atoms with E-state index in [0.29, 0.717) is 11.4 Å². The van der Waals surface area contributed by atoms with Crippen molar-refractivity contribution in [2.75, 3.05) is 17.1 Å². The van der Waals surface area contributed by atoms with E-state index in [1.807, 2.05) is 12.1 Å². The molecule has 0 fully saturated rings. The largest absolute Gasteiger partial charge is 0.495 e. The van der Waals surface area contributed by atoms with Crippen molar-refractivity contribution in [2.45, 2.75) is 23.3 Å². The van der Waals surface area contributed by atoms with Crippen LogP contribution in [-0.4, -0.2) is 26.6 Å². The van der Waals surface area contributed by atoms with Gasteiger partial charge in [-0.2, -0.15) is 0 Å². The highest BCUT2D eigenvalue weighted by Gasteiger charge is 2.38. The van der Waals surface area contributed by atoms with Gasteiger partial charge >= 0.3 is 5.97 Å². The Morgan fingerprint density at radius 2 is 1.85 bits per heavy atom. The highest BCUT2D eigenvalue weighted by atomic mass is 32.2. The van der Waals surface area contributed by atoms with Gasteiger partial charge in [0.25, 0.3) is 10.0 Å². The number of aromatic carboxylic acids is 1. The molecule has 8 heteroatoms. The Balaban J connectivity index is 1.47. The van der Waals surface area contributed by atoms with Gasteiger partial charge < -0.3 is 15.2 Å². The molecule has 1 heterocycles. The zero-order valence-corrected chi connectivity index (χ0v) is 19.2. The number of anilines is 2. The molecular formula is C26H24N2O5S. The molecule has 0 spiro atoms. The summed E-state index contributed by atoms with van der Waals surface area (Å²) < 4.78 is 34.2. The van der Waals surface area contributed by atoms with E-state index in [-0.39, 0.29) is 28.3 Å². The minimum absolute atomic E-state index is 0.00972. The first kappa shape index (κ1) is 22.0. The number of para-hydroxylation sites is 2. The standard InChI is InChI=1S/C26H24N2O5S/c1-33-24-8-3-2-7-23(24)28-34(31,32)18-13-14-22-21(15-18)19-5-4-6-20(19)25(27-22)16-9-11-17(12-10-16)26(29)30/h2-5,7-15,19-20,25,27-28H,6H2,1H3,(H,29,30).